The van der Waals surface area contributed by atoms with E-state index in [9.17, 15) is 9.90 Å². The normalized spacial score (nSPS) is 18.4. The van der Waals surface area contributed by atoms with Gasteiger partial charge in [0, 0.05) is 26.0 Å². The predicted molar refractivity (Wildman–Crippen MR) is 74.3 cm³/mol. The molecule has 0 amide bonds. The Hall–Kier alpha value is -2.13. The highest BCUT2D eigenvalue weighted by atomic mass is 16.5. The van der Waals surface area contributed by atoms with E-state index in [1.165, 1.54) is 6.92 Å². The number of carbonyl (C=O) groups excluding carboxylic acids is 1. The molecule has 0 saturated carbocycles. The minimum absolute atomic E-state index is 0.0114. The Labute approximate surface area is 121 Å². The number of ether oxygens (including phenoxy) is 1. The highest BCUT2D eigenvalue weighted by Crippen LogP contribution is 2.27. The number of nitrogens with zero attached hydrogens (tertiary/aromatic N) is 3. The highest BCUT2D eigenvalue weighted by molar-refractivity contribution is 5.93. The van der Waals surface area contributed by atoms with Gasteiger partial charge >= 0.3 is 5.97 Å². The Morgan fingerprint density at radius 3 is 3.10 bits per heavy atom. The van der Waals surface area contributed by atoms with E-state index in [2.05, 4.69) is 15.3 Å². The van der Waals surface area contributed by atoms with Gasteiger partial charge in [0.2, 0.25) is 0 Å². The molecule has 1 aliphatic rings. The zero-order valence-corrected chi connectivity index (χ0v) is 11.7. The predicted octanol–water partition coefficient (Wildman–Crippen LogP) is -0.824. The fourth-order valence-electron chi connectivity index (χ4n) is 2.13. The molecule has 0 aromatic carbocycles. The summed E-state index contributed by atoms with van der Waals surface area (Å²) in [6, 6.07) is 0. The van der Waals surface area contributed by atoms with Crippen LogP contribution in [0, 0.1) is 5.92 Å². The van der Waals surface area contributed by atoms with Crippen LogP contribution in [0.2, 0.25) is 0 Å². The van der Waals surface area contributed by atoms with Crippen molar-refractivity contribution in [2.75, 3.05) is 18.5 Å². The summed E-state index contributed by atoms with van der Waals surface area (Å²) in [6.45, 7) is 1.99. The van der Waals surface area contributed by atoms with Gasteiger partial charge in [-0.15, -0.1) is 0 Å². The smallest absolute Gasteiger partial charge is 0.302 e. The Balaban J connectivity index is 2.10. The van der Waals surface area contributed by atoms with Gasteiger partial charge in [0.15, 0.2) is 12.2 Å². The van der Waals surface area contributed by atoms with E-state index in [4.69, 9.17) is 15.6 Å². The van der Waals surface area contributed by atoms with E-state index in [0.717, 1.165) is 0 Å². The lowest BCUT2D eigenvalue weighted by Gasteiger charge is -2.21. The summed E-state index contributed by atoms with van der Waals surface area (Å²) in [5, 5.41) is 21.7. The van der Waals surface area contributed by atoms with Crippen LogP contribution in [-0.2, 0) is 16.1 Å². The number of carbonyl (C=O) groups is 1. The van der Waals surface area contributed by atoms with Gasteiger partial charge in [0.1, 0.15) is 11.5 Å². The molecule has 0 fully saturated rings. The summed E-state index contributed by atoms with van der Waals surface area (Å²) in [6.07, 6.45) is 0.937. The maximum Gasteiger partial charge on any atom is 0.302 e. The summed E-state index contributed by atoms with van der Waals surface area (Å²) < 4.78 is 6.74. The van der Waals surface area contributed by atoms with Crippen LogP contribution in [-0.4, -0.2) is 44.9 Å². The number of aliphatic hydroxyl groups is 2. The third kappa shape index (κ3) is 3.70. The van der Waals surface area contributed by atoms with Crippen LogP contribution in [0.1, 0.15) is 25.3 Å². The molecule has 2 heterocycles. The second-order valence-electron chi connectivity index (χ2n) is 4.82. The van der Waals surface area contributed by atoms with Crippen molar-refractivity contribution in [2.24, 2.45) is 16.6 Å². The van der Waals surface area contributed by atoms with Gasteiger partial charge in [0.05, 0.1) is 12.9 Å². The lowest BCUT2D eigenvalue weighted by atomic mass is 10.1. The van der Waals surface area contributed by atoms with Crippen molar-refractivity contribution >= 4 is 17.7 Å². The van der Waals surface area contributed by atoms with Crippen molar-refractivity contribution in [3.63, 3.8) is 0 Å². The summed E-state index contributed by atoms with van der Waals surface area (Å²) >= 11 is 0. The number of anilines is 1. The number of aromatic nitrogens is 2. The van der Waals surface area contributed by atoms with Crippen LogP contribution in [0.25, 0.3) is 0 Å². The molecule has 21 heavy (non-hydrogen) atoms. The number of hydrogen-bond donors (Lipinski definition) is 4. The van der Waals surface area contributed by atoms with E-state index in [1.807, 2.05) is 0 Å². The van der Waals surface area contributed by atoms with Gasteiger partial charge < -0.3 is 30.6 Å². The Morgan fingerprint density at radius 1 is 1.67 bits per heavy atom. The topological polar surface area (TPSA) is 135 Å². The second-order valence-corrected chi connectivity index (χ2v) is 4.82. The molecule has 5 N–H and O–H groups in total. The number of guanidine groups is 1. The number of fused-ring (bicyclic) bond motifs is 1. The van der Waals surface area contributed by atoms with Crippen LogP contribution >= 0.6 is 0 Å². The molecule has 1 aromatic rings. The average Bonchev–Trinajstić information content (AvgIpc) is 2.79. The van der Waals surface area contributed by atoms with Gasteiger partial charge in [-0.2, -0.15) is 0 Å². The van der Waals surface area contributed by atoms with Gasteiger partial charge in [-0.3, -0.25) is 4.79 Å². The molecular weight excluding hydrogens is 278 g/mol. The first-order valence-electron chi connectivity index (χ1n) is 6.59. The molecule has 1 aliphatic heterocycles. The highest BCUT2D eigenvalue weighted by Gasteiger charge is 2.24. The zero-order chi connectivity index (χ0) is 15.4. The van der Waals surface area contributed by atoms with Crippen molar-refractivity contribution in [1.29, 1.82) is 0 Å². The number of aliphatic imine (C=N–C) groups is 1. The van der Waals surface area contributed by atoms with E-state index >= 15 is 0 Å². The lowest BCUT2D eigenvalue weighted by molar-refractivity contribution is -0.142. The number of rotatable bonds is 6. The third-order valence-corrected chi connectivity index (χ3v) is 3.13. The molecule has 116 valence electrons. The molecule has 9 heteroatoms. The molecule has 2 rings (SSSR count). The van der Waals surface area contributed by atoms with Gasteiger partial charge in [-0.25, -0.2) is 9.98 Å². The lowest BCUT2D eigenvalue weighted by Crippen LogP contribution is -2.30. The SMILES string of the molecule is CC(=O)OC[C@H](CCO)Cn1cnc2c1NC(N)=NC2O. The molecule has 2 atom stereocenters. The van der Waals surface area contributed by atoms with Crippen molar-refractivity contribution in [2.45, 2.75) is 26.1 Å². The minimum atomic E-state index is -1.09. The maximum atomic E-state index is 10.9. The van der Waals surface area contributed by atoms with Crippen molar-refractivity contribution in [1.82, 2.24) is 9.55 Å². The largest absolute Gasteiger partial charge is 0.466 e. The molecule has 1 unspecified atom stereocenters. The first kappa shape index (κ1) is 15.3. The van der Waals surface area contributed by atoms with Crippen LogP contribution in [0.5, 0.6) is 0 Å². The Morgan fingerprint density at radius 2 is 2.43 bits per heavy atom. The van der Waals surface area contributed by atoms with Crippen LogP contribution < -0.4 is 11.1 Å². The summed E-state index contributed by atoms with van der Waals surface area (Å²) in [5.74, 6) is 0.225. The van der Waals surface area contributed by atoms with Gasteiger partial charge in [0.25, 0.3) is 0 Å². The van der Waals surface area contributed by atoms with Crippen molar-refractivity contribution in [3.05, 3.63) is 12.0 Å². The number of nitrogens with two attached hydrogens (primary N) is 1. The van der Waals surface area contributed by atoms with E-state index in [-0.39, 0.29) is 31.1 Å². The number of hydrogen-bond acceptors (Lipinski definition) is 8. The third-order valence-electron chi connectivity index (χ3n) is 3.13. The van der Waals surface area contributed by atoms with Crippen LogP contribution in [0.4, 0.5) is 5.82 Å². The minimum Gasteiger partial charge on any atom is -0.466 e. The number of nitrogens with one attached hydrogen (secondary N) is 1. The molecule has 1 aromatic heterocycles. The molecule has 9 nitrogen and oxygen atoms in total. The number of imidazole rings is 1. The number of aliphatic hydroxyl groups excluding tert-OH is 2. The van der Waals surface area contributed by atoms with Crippen LogP contribution in [0.3, 0.4) is 0 Å². The van der Waals surface area contributed by atoms with Crippen LogP contribution in [0.15, 0.2) is 11.3 Å². The first-order chi connectivity index (χ1) is 10.0. The van der Waals surface area contributed by atoms with E-state index in [0.29, 0.717) is 24.5 Å². The molecule has 0 radical (unpaired) electrons. The first-order valence-corrected chi connectivity index (χ1v) is 6.59. The zero-order valence-electron chi connectivity index (χ0n) is 11.7. The summed E-state index contributed by atoms with van der Waals surface area (Å²) in [5.41, 5.74) is 5.97. The molecule has 0 bridgehead atoms. The van der Waals surface area contributed by atoms with E-state index in [1.54, 1.807) is 10.9 Å². The Bertz CT molecular complexity index is 542. The van der Waals surface area contributed by atoms with Gasteiger partial charge in [-0.05, 0) is 6.42 Å². The quantitative estimate of drug-likeness (QED) is 0.503. The molecular formula is C12H19N5O4. The fourth-order valence-corrected chi connectivity index (χ4v) is 2.13. The average molecular weight is 297 g/mol. The Kier molecular flexibility index (Phi) is 4.76. The fraction of sp³-hybridized carbons (Fsp3) is 0.583. The van der Waals surface area contributed by atoms with E-state index < -0.39 is 6.23 Å². The van der Waals surface area contributed by atoms with Gasteiger partial charge in [-0.1, -0.05) is 0 Å². The summed E-state index contributed by atoms with van der Waals surface area (Å²) in [4.78, 5) is 18.8. The molecule has 0 aliphatic carbocycles. The number of esters is 1. The summed E-state index contributed by atoms with van der Waals surface area (Å²) in [7, 11) is 0. The second kappa shape index (κ2) is 6.55. The monoisotopic (exact) mass is 297 g/mol. The van der Waals surface area contributed by atoms with Crippen molar-refractivity contribution in [3.8, 4) is 0 Å². The maximum absolute atomic E-state index is 10.9. The standard InChI is InChI=1S/C12H19N5O4/c1-7(19)21-5-8(2-3-18)4-17-6-14-9-10(17)15-12(13)16-11(9)20/h6,8,11,18,20H,2-5H2,1H3,(H3,13,15,16)/t8-,11?/m1/s1. The molecule has 0 spiro atoms. The van der Waals surface area contributed by atoms with Crippen molar-refractivity contribution < 1.29 is 19.7 Å². The molecule has 0 saturated heterocycles.